The van der Waals surface area contributed by atoms with Crippen LogP contribution in [0.15, 0.2) is 54.6 Å². The van der Waals surface area contributed by atoms with Gasteiger partial charge in [-0.25, -0.2) is 0 Å². The summed E-state index contributed by atoms with van der Waals surface area (Å²) in [7, 11) is 0. The van der Waals surface area contributed by atoms with Gasteiger partial charge >= 0.3 is 0 Å². The number of nitrogens with two attached hydrogens (primary N) is 1. The quantitative estimate of drug-likeness (QED) is 0.575. The van der Waals surface area contributed by atoms with Crippen LogP contribution in [0.4, 0.5) is 0 Å². The Labute approximate surface area is 166 Å². The maximum Gasteiger partial charge on any atom is 0.236 e. The Balaban J connectivity index is 1.41. The number of ether oxygens (including phenoxy) is 1. The van der Waals surface area contributed by atoms with Gasteiger partial charge in [-0.15, -0.1) is 0 Å². The van der Waals surface area contributed by atoms with E-state index in [2.05, 4.69) is 23.1 Å². The molecule has 148 valence electrons. The molecular formula is C22H28N4O2. The molecule has 1 amide bonds. The summed E-state index contributed by atoms with van der Waals surface area (Å²) in [5.74, 6) is 0.197. The van der Waals surface area contributed by atoms with E-state index in [9.17, 15) is 10.1 Å². The summed E-state index contributed by atoms with van der Waals surface area (Å²) in [4.78, 5) is 15.7. The van der Waals surface area contributed by atoms with Crippen LogP contribution in [0.2, 0.25) is 0 Å². The molecule has 1 aromatic carbocycles. The van der Waals surface area contributed by atoms with Gasteiger partial charge in [0.1, 0.15) is 6.07 Å². The SMILES string of the molecule is N#CC1(OCCCN2CCN(C(=O)CN)CC2)C=CC(c2ccccc2)C=C1. The van der Waals surface area contributed by atoms with Crippen molar-refractivity contribution in [2.24, 2.45) is 5.73 Å². The van der Waals surface area contributed by atoms with Crippen LogP contribution >= 0.6 is 0 Å². The van der Waals surface area contributed by atoms with Crippen LogP contribution < -0.4 is 5.73 Å². The predicted octanol–water partition coefficient (Wildman–Crippen LogP) is 1.67. The lowest BCUT2D eigenvalue weighted by Crippen LogP contribution is -2.50. The lowest BCUT2D eigenvalue weighted by Gasteiger charge is -2.34. The zero-order valence-electron chi connectivity index (χ0n) is 16.2. The third-order valence-electron chi connectivity index (χ3n) is 5.32. The summed E-state index contributed by atoms with van der Waals surface area (Å²) in [6.45, 7) is 4.65. The first-order chi connectivity index (χ1) is 13.7. The van der Waals surface area contributed by atoms with Crippen molar-refractivity contribution < 1.29 is 9.53 Å². The maximum atomic E-state index is 11.6. The number of carbonyl (C=O) groups is 1. The van der Waals surface area contributed by atoms with Gasteiger partial charge in [-0.1, -0.05) is 42.5 Å². The number of amides is 1. The van der Waals surface area contributed by atoms with Gasteiger partial charge in [-0.3, -0.25) is 9.69 Å². The van der Waals surface area contributed by atoms with Gasteiger partial charge in [0, 0.05) is 38.6 Å². The fourth-order valence-corrected chi connectivity index (χ4v) is 3.59. The van der Waals surface area contributed by atoms with E-state index in [4.69, 9.17) is 10.5 Å². The van der Waals surface area contributed by atoms with Crippen LogP contribution in [0, 0.1) is 11.3 Å². The van der Waals surface area contributed by atoms with Gasteiger partial charge < -0.3 is 15.4 Å². The minimum Gasteiger partial charge on any atom is -0.353 e. The molecule has 0 aromatic heterocycles. The molecule has 1 heterocycles. The second kappa shape index (κ2) is 9.65. The molecule has 1 aliphatic heterocycles. The third-order valence-corrected chi connectivity index (χ3v) is 5.32. The van der Waals surface area contributed by atoms with Crippen molar-refractivity contribution in [2.75, 3.05) is 45.9 Å². The molecule has 28 heavy (non-hydrogen) atoms. The third kappa shape index (κ3) is 5.08. The Kier molecular flexibility index (Phi) is 6.99. The highest BCUT2D eigenvalue weighted by Gasteiger charge is 2.28. The van der Waals surface area contributed by atoms with E-state index in [0.717, 1.165) is 39.1 Å². The van der Waals surface area contributed by atoms with Gasteiger partial charge in [0.2, 0.25) is 5.91 Å². The molecule has 1 aliphatic carbocycles. The molecule has 1 aromatic rings. The van der Waals surface area contributed by atoms with Crippen LogP contribution in [-0.2, 0) is 9.53 Å². The number of nitriles is 1. The Morgan fingerprint density at radius 3 is 2.46 bits per heavy atom. The van der Waals surface area contributed by atoms with Crippen molar-refractivity contribution in [3.63, 3.8) is 0 Å². The summed E-state index contributed by atoms with van der Waals surface area (Å²) >= 11 is 0. The highest BCUT2D eigenvalue weighted by molar-refractivity contribution is 5.78. The Hall–Kier alpha value is -2.46. The molecule has 0 unspecified atom stereocenters. The molecule has 1 saturated heterocycles. The van der Waals surface area contributed by atoms with E-state index in [-0.39, 0.29) is 18.4 Å². The lowest BCUT2D eigenvalue weighted by atomic mass is 9.89. The van der Waals surface area contributed by atoms with E-state index in [0.29, 0.717) is 6.61 Å². The summed E-state index contributed by atoms with van der Waals surface area (Å²) < 4.78 is 5.93. The average Bonchev–Trinajstić information content (AvgIpc) is 2.77. The van der Waals surface area contributed by atoms with Crippen LogP contribution in [0.1, 0.15) is 17.9 Å². The average molecular weight is 380 g/mol. The molecule has 3 rings (SSSR count). The van der Waals surface area contributed by atoms with Gasteiger partial charge in [0.05, 0.1) is 13.2 Å². The normalized spacial score (nSPS) is 24.9. The molecule has 0 bridgehead atoms. The van der Waals surface area contributed by atoms with Crippen LogP contribution in [0.5, 0.6) is 0 Å². The van der Waals surface area contributed by atoms with Crippen LogP contribution in [0.3, 0.4) is 0 Å². The summed E-state index contributed by atoms with van der Waals surface area (Å²) in [5.41, 5.74) is 5.64. The van der Waals surface area contributed by atoms with Crippen molar-refractivity contribution in [1.29, 1.82) is 5.26 Å². The first-order valence-corrected chi connectivity index (χ1v) is 9.85. The zero-order valence-corrected chi connectivity index (χ0v) is 16.2. The fraction of sp³-hybridized carbons (Fsp3) is 0.455. The van der Waals surface area contributed by atoms with Crippen molar-refractivity contribution >= 4 is 5.91 Å². The summed E-state index contributed by atoms with van der Waals surface area (Å²) in [6, 6.07) is 12.5. The number of hydrogen-bond acceptors (Lipinski definition) is 5. The Bertz CT molecular complexity index is 732. The minimum absolute atomic E-state index is 0.0172. The predicted molar refractivity (Wildman–Crippen MR) is 108 cm³/mol. The number of benzene rings is 1. The topological polar surface area (TPSA) is 82.6 Å². The van der Waals surface area contributed by atoms with Crippen LogP contribution in [-0.4, -0.2) is 67.2 Å². The van der Waals surface area contributed by atoms with Gasteiger partial charge in [0.25, 0.3) is 0 Å². The zero-order chi connectivity index (χ0) is 19.8. The van der Waals surface area contributed by atoms with E-state index < -0.39 is 5.60 Å². The summed E-state index contributed by atoms with van der Waals surface area (Å²) in [6.07, 6.45) is 8.64. The van der Waals surface area contributed by atoms with Crippen molar-refractivity contribution in [2.45, 2.75) is 17.9 Å². The molecule has 0 atom stereocenters. The standard InChI is InChI=1S/C22H28N4O2/c23-17-21(27)26-14-12-25(13-15-26)11-4-16-28-22(18-24)9-7-20(8-10-22)19-5-2-1-3-6-19/h1-3,5-10,20H,4,11-17,23H2. The van der Waals surface area contributed by atoms with Crippen LogP contribution in [0.25, 0.3) is 0 Å². The number of nitrogens with zero attached hydrogens (tertiary/aromatic N) is 3. The first kappa shape index (κ1) is 20.3. The number of allylic oxidation sites excluding steroid dienone is 2. The van der Waals surface area contributed by atoms with Gasteiger partial charge in [0.15, 0.2) is 5.60 Å². The molecule has 0 radical (unpaired) electrons. The molecule has 6 heteroatoms. The smallest absolute Gasteiger partial charge is 0.236 e. The fourth-order valence-electron chi connectivity index (χ4n) is 3.59. The molecule has 6 nitrogen and oxygen atoms in total. The van der Waals surface area contributed by atoms with Gasteiger partial charge in [-0.05, 0) is 24.1 Å². The van der Waals surface area contributed by atoms with Crippen molar-refractivity contribution in [3.8, 4) is 6.07 Å². The Morgan fingerprint density at radius 1 is 1.18 bits per heavy atom. The molecule has 2 N–H and O–H groups in total. The number of piperazine rings is 1. The number of rotatable bonds is 7. The maximum absolute atomic E-state index is 11.6. The molecule has 0 spiro atoms. The molecule has 2 aliphatic rings. The largest absolute Gasteiger partial charge is 0.353 e. The second-order valence-corrected chi connectivity index (χ2v) is 7.19. The Morgan fingerprint density at radius 2 is 1.86 bits per heavy atom. The second-order valence-electron chi connectivity index (χ2n) is 7.19. The van der Waals surface area contributed by atoms with E-state index in [1.54, 1.807) is 0 Å². The van der Waals surface area contributed by atoms with E-state index in [1.807, 2.05) is 47.4 Å². The van der Waals surface area contributed by atoms with Crippen molar-refractivity contribution in [1.82, 2.24) is 9.80 Å². The first-order valence-electron chi connectivity index (χ1n) is 9.85. The highest BCUT2D eigenvalue weighted by Crippen LogP contribution is 2.28. The molecular weight excluding hydrogens is 352 g/mol. The highest BCUT2D eigenvalue weighted by atomic mass is 16.5. The minimum atomic E-state index is -0.975. The molecule has 0 saturated carbocycles. The number of carbonyl (C=O) groups excluding carboxylic acids is 1. The lowest BCUT2D eigenvalue weighted by molar-refractivity contribution is -0.131. The molecule has 1 fully saturated rings. The van der Waals surface area contributed by atoms with Crippen molar-refractivity contribution in [3.05, 3.63) is 60.2 Å². The van der Waals surface area contributed by atoms with Gasteiger partial charge in [-0.2, -0.15) is 5.26 Å². The summed E-state index contributed by atoms with van der Waals surface area (Å²) in [5, 5.41) is 9.62. The van der Waals surface area contributed by atoms with E-state index in [1.165, 1.54) is 5.56 Å². The monoisotopic (exact) mass is 380 g/mol. The number of hydrogen-bond donors (Lipinski definition) is 1. The van der Waals surface area contributed by atoms with E-state index >= 15 is 0 Å².